The zero-order valence-electron chi connectivity index (χ0n) is 13.4. The van der Waals surface area contributed by atoms with E-state index in [2.05, 4.69) is 61.1 Å². The molecule has 0 aliphatic carbocycles. The minimum Gasteiger partial charge on any atom is -0.459 e. The van der Waals surface area contributed by atoms with E-state index in [0.717, 1.165) is 27.1 Å². The SMILES string of the molecule is CC(C)CCCC(C)NC(C)c1cc2cc(Br)ccc2o1. The van der Waals surface area contributed by atoms with Crippen molar-refractivity contribution in [2.45, 2.75) is 59.0 Å². The van der Waals surface area contributed by atoms with Crippen LogP contribution in [-0.2, 0) is 0 Å². The van der Waals surface area contributed by atoms with Gasteiger partial charge in [0.2, 0.25) is 0 Å². The second-order valence-electron chi connectivity index (χ2n) is 6.45. The predicted octanol–water partition coefficient (Wildman–Crippen LogP) is 6.06. The van der Waals surface area contributed by atoms with Crippen LogP contribution in [0.5, 0.6) is 0 Å². The van der Waals surface area contributed by atoms with E-state index in [1.807, 2.05) is 12.1 Å². The molecule has 2 unspecified atom stereocenters. The monoisotopic (exact) mass is 351 g/mol. The zero-order chi connectivity index (χ0) is 15.4. The van der Waals surface area contributed by atoms with E-state index in [4.69, 9.17) is 4.42 Å². The smallest absolute Gasteiger partial charge is 0.134 e. The number of fused-ring (bicyclic) bond motifs is 1. The first-order valence-corrected chi connectivity index (χ1v) is 8.70. The highest BCUT2D eigenvalue weighted by molar-refractivity contribution is 9.10. The van der Waals surface area contributed by atoms with Crippen molar-refractivity contribution < 1.29 is 4.42 Å². The molecule has 2 rings (SSSR count). The largest absolute Gasteiger partial charge is 0.459 e. The van der Waals surface area contributed by atoms with E-state index in [-0.39, 0.29) is 6.04 Å². The highest BCUT2D eigenvalue weighted by Gasteiger charge is 2.14. The Labute approximate surface area is 136 Å². The van der Waals surface area contributed by atoms with Gasteiger partial charge in [0.25, 0.3) is 0 Å². The van der Waals surface area contributed by atoms with Gasteiger partial charge in [0, 0.05) is 15.9 Å². The van der Waals surface area contributed by atoms with E-state index in [1.54, 1.807) is 0 Å². The lowest BCUT2D eigenvalue weighted by Gasteiger charge is -2.18. The Morgan fingerprint density at radius 1 is 1.10 bits per heavy atom. The summed E-state index contributed by atoms with van der Waals surface area (Å²) in [4.78, 5) is 0. The number of hydrogen-bond donors (Lipinski definition) is 1. The molecule has 116 valence electrons. The average molecular weight is 352 g/mol. The molecule has 1 aromatic carbocycles. The van der Waals surface area contributed by atoms with Gasteiger partial charge in [0.05, 0.1) is 6.04 Å². The molecule has 2 nitrogen and oxygen atoms in total. The van der Waals surface area contributed by atoms with Crippen LogP contribution in [0.3, 0.4) is 0 Å². The van der Waals surface area contributed by atoms with E-state index in [1.165, 1.54) is 19.3 Å². The molecule has 2 aromatic rings. The summed E-state index contributed by atoms with van der Waals surface area (Å²) in [5.74, 6) is 1.81. The van der Waals surface area contributed by atoms with Crippen molar-refractivity contribution >= 4 is 26.9 Å². The zero-order valence-corrected chi connectivity index (χ0v) is 15.0. The van der Waals surface area contributed by atoms with Crippen LogP contribution >= 0.6 is 15.9 Å². The molecule has 21 heavy (non-hydrogen) atoms. The summed E-state index contributed by atoms with van der Waals surface area (Å²) in [6.07, 6.45) is 3.80. The number of nitrogens with one attached hydrogen (secondary N) is 1. The molecule has 3 heteroatoms. The molecular formula is C18H26BrNO. The van der Waals surface area contributed by atoms with Crippen molar-refractivity contribution in [3.05, 3.63) is 34.5 Å². The lowest BCUT2D eigenvalue weighted by atomic mass is 10.0. The number of hydrogen-bond acceptors (Lipinski definition) is 2. The van der Waals surface area contributed by atoms with Crippen molar-refractivity contribution in [2.24, 2.45) is 5.92 Å². The summed E-state index contributed by atoms with van der Waals surface area (Å²) >= 11 is 3.50. The van der Waals surface area contributed by atoms with Crippen molar-refractivity contribution in [3.8, 4) is 0 Å². The van der Waals surface area contributed by atoms with E-state index in [0.29, 0.717) is 6.04 Å². The van der Waals surface area contributed by atoms with Gasteiger partial charge in [0.1, 0.15) is 11.3 Å². The summed E-state index contributed by atoms with van der Waals surface area (Å²) in [5.41, 5.74) is 0.953. The molecule has 0 aliphatic heterocycles. The number of halogens is 1. The first kappa shape index (κ1) is 16.6. The van der Waals surface area contributed by atoms with Crippen LogP contribution in [0.2, 0.25) is 0 Å². The molecule has 1 heterocycles. The van der Waals surface area contributed by atoms with Gasteiger partial charge in [-0.05, 0) is 50.5 Å². The normalized spacial score (nSPS) is 14.8. The third kappa shape index (κ3) is 4.86. The Hall–Kier alpha value is -0.800. The lowest BCUT2D eigenvalue weighted by Crippen LogP contribution is -2.28. The summed E-state index contributed by atoms with van der Waals surface area (Å²) < 4.78 is 7.03. The lowest BCUT2D eigenvalue weighted by molar-refractivity contribution is 0.385. The fraction of sp³-hybridized carbons (Fsp3) is 0.556. The molecule has 1 aromatic heterocycles. The van der Waals surface area contributed by atoms with E-state index < -0.39 is 0 Å². The Balaban J connectivity index is 1.93. The molecule has 0 amide bonds. The molecule has 0 bridgehead atoms. The maximum absolute atomic E-state index is 5.95. The first-order valence-electron chi connectivity index (χ1n) is 7.90. The van der Waals surface area contributed by atoms with E-state index in [9.17, 15) is 0 Å². The Morgan fingerprint density at radius 3 is 2.57 bits per heavy atom. The topological polar surface area (TPSA) is 25.2 Å². The molecule has 0 aliphatic rings. The van der Waals surface area contributed by atoms with Crippen molar-refractivity contribution in [1.82, 2.24) is 5.32 Å². The van der Waals surface area contributed by atoms with Crippen molar-refractivity contribution in [1.29, 1.82) is 0 Å². The van der Waals surface area contributed by atoms with Gasteiger partial charge >= 0.3 is 0 Å². The highest BCUT2D eigenvalue weighted by Crippen LogP contribution is 2.27. The predicted molar refractivity (Wildman–Crippen MR) is 93.6 cm³/mol. The van der Waals surface area contributed by atoms with Crippen LogP contribution in [0.25, 0.3) is 11.0 Å². The summed E-state index contributed by atoms with van der Waals surface area (Å²) in [6, 6.07) is 9.02. The van der Waals surface area contributed by atoms with Gasteiger partial charge in [-0.15, -0.1) is 0 Å². The quantitative estimate of drug-likeness (QED) is 0.655. The third-order valence-electron chi connectivity index (χ3n) is 3.88. The molecule has 0 saturated heterocycles. The Morgan fingerprint density at radius 2 is 1.86 bits per heavy atom. The van der Waals surface area contributed by atoms with Crippen LogP contribution in [0.15, 0.2) is 33.2 Å². The van der Waals surface area contributed by atoms with Gasteiger partial charge in [-0.3, -0.25) is 0 Å². The van der Waals surface area contributed by atoms with Gasteiger partial charge in [-0.1, -0.05) is 42.6 Å². The Kier molecular flexibility index (Phi) is 5.88. The minimum absolute atomic E-state index is 0.241. The van der Waals surface area contributed by atoms with Gasteiger partial charge in [0.15, 0.2) is 0 Å². The molecule has 1 N–H and O–H groups in total. The van der Waals surface area contributed by atoms with Gasteiger partial charge in [-0.2, -0.15) is 0 Å². The fourth-order valence-corrected chi connectivity index (χ4v) is 3.05. The standard InChI is InChI=1S/C18H26BrNO/c1-12(2)6-5-7-13(3)20-14(4)18-11-15-10-16(19)8-9-17(15)21-18/h8-14,20H,5-7H2,1-4H3. The summed E-state index contributed by atoms with van der Waals surface area (Å²) in [6.45, 7) is 9.00. The van der Waals surface area contributed by atoms with Crippen LogP contribution < -0.4 is 5.32 Å². The van der Waals surface area contributed by atoms with Crippen molar-refractivity contribution in [2.75, 3.05) is 0 Å². The van der Waals surface area contributed by atoms with Crippen molar-refractivity contribution in [3.63, 3.8) is 0 Å². The molecule has 2 atom stereocenters. The Bertz CT molecular complexity index is 576. The summed E-state index contributed by atoms with van der Waals surface area (Å²) in [7, 11) is 0. The molecular weight excluding hydrogens is 326 g/mol. The average Bonchev–Trinajstić information content (AvgIpc) is 2.81. The number of rotatable bonds is 7. The first-order chi connectivity index (χ1) is 9.95. The van der Waals surface area contributed by atoms with Gasteiger partial charge in [-0.25, -0.2) is 0 Å². The maximum Gasteiger partial charge on any atom is 0.134 e. The second kappa shape index (κ2) is 7.46. The van der Waals surface area contributed by atoms with E-state index >= 15 is 0 Å². The molecule has 0 spiro atoms. The molecule has 0 radical (unpaired) electrons. The highest BCUT2D eigenvalue weighted by atomic mass is 79.9. The third-order valence-corrected chi connectivity index (χ3v) is 4.37. The van der Waals surface area contributed by atoms with Crippen LogP contribution in [-0.4, -0.2) is 6.04 Å². The van der Waals surface area contributed by atoms with Crippen LogP contribution in [0.4, 0.5) is 0 Å². The minimum atomic E-state index is 0.241. The fourth-order valence-electron chi connectivity index (χ4n) is 2.67. The number of furan rings is 1. The maximum atomic E-state index is 5.95. The second-order valence-corrected chi connectivity index (χ2v) is 7.36. The number of benzene rings is 1. The van der Waals surface area contributed by atoms with Gasteiger partial charge < -0.3 is 9.73 Å². The van der Waals surface area contributed by atoms with Crippen LogP contribution in [0.1, 0.15) is 58.8 Å². The molecule has 0 fully saturated rings. The summed E-state index contributed by atoms with van der Waals surface area (Å²) in [5, 5.41) is 4.79. The molecule has 0 saturated carbocycles. The van der Waals surface area contributed by atoms with Crippen LogP contribution in [0, 0.1) is 5.92 Å².